The number of anilines is 1. The van der Waals surface area contributed by atoms with Crippen LogP contribution >= 0.6 is 11.3 Å². The quantitative estimate of drug-likeness (QED) is 0.724. The summed E-state index contributed by atoms with van der Waals surface area (Å²) in [7, 11) is 0. The number of hydrogen-bond donors (Lipinski definition) is 1. The zero-order valence-corrected chi connectivity index (χ0v) is 15.5. The molecule has 1 N–H and O–H groups in total. The van der Waals surface area contributed by atoms with Crippen LogP contribution in [0.5, 0.6) is 0 Å². The van der Waals surface area contributed by atoms with Crippen LogP contribution < -0.4 is 5.32 Å². The highest BCUT2D eigenvalue weighted by molar-refractivity contribution is 7.15. The van der Waals surface area contributed by atoms with Crippen LogP contribution in [0.25, 0.3) is 0 Å². The number of nitrogens with one attached hydrogen (secondary N) is 1. The van der Waals surface area contributed by atoms with Gasteiger partial charge in [0.05, 0.1) is 12.2 Å². The molecule has 2 amide bonds. The van der Waals surface area contributed by atoms with Crippen molar-refractivity contribution >= 4 is 28.3 Å². The number of carbonyl (C=O) groups excluding carboxylic acids is 2. The molecule has 0 saturated carbocycles. The number of thiazole rings is 1. The maximum absolute atomic E-state index is 13.4. The van der Waals surface area contributed by atoms with Crippen molar-refractivity contribution in [3.8, 4) is 0 Å². The van der Waals surface area contributed by atoms with Crippen LogP contribution in [0.4, 0.5) is 13.9 Å². The maximum atomic E-state index is 13.4. The Hall–Kier alpha value is -3.14. The summed E-state index contributed by atoms with van der Waals surface area (Å²) < 4.78 is 31.4. The standard InChI is InChI=1S/C18H14F2N4O3S/c1-9-6-14(23-27-9)16(25)22-18-21-13-4-5-24(8-15(13)28-18)17(26)10-2-3-11(19)12(20)7-10/h2-3,6-7H,4-5,8H2,1H3,(H,21,22,25). The number of amides is 2. The third-order valence-electron chi connectivity index (χ3n) is 4.27. The van der Waals surface area contributed by atoms with Crippen LogP contribution in [-0.4, -0.2) is 33.4 Å². The van der Waals surface area contributed by atoms with E-state index in [0.717, 1.165) is 22.7 Å². The summed E-state index contributed by atoms with van der Waals surface area (Å²) in [5, 5.41) is 6.73. The summed E-state index contributed by atoms with van der Waals surface area (Å²) in [6.45, 7) is 2.36. The molecule has 0 spiro atoms. The number of nitrogens with zero attached hydrogens (tertiary/aromatic N) is 3. The third-order valence-corrected chi connectivity index (χ3v) is 5.26. The van der Waals surface area contributed by atoms with E-state index in [-0.39, 0.29) is 23.7 Å². The van der Waals surface area contributed by atoms with Gasteiger partial charge in [-0.15, -0.1) is 0 Å². The average Bonchev–Trinajstić information content (AvgIpc) is 3.28. The first-order valence-electron chi connectivity index (χ1n) is 8.38. The molecule has 0 aliphatic carbocycles. The number of carbonyl (C=O) groups is 2. The minimum Gasteiger partial charge on any atom is -0.361 e. The molecule has 144 valence electrons. The van der Waals surface area contributed by atoms with E-state index >= 15 is 0 Å². The zero-order chi connectivity index (χ0) is 19.8. The van der Waals surface area contributed by atoms with Crippen LogP contribution in [0.3, 0.4) is 0 Å². The highest BCUT2D eigenvalue weighted by Gasteiger charge is 2.26. The monoisotopic (exact) mass is 404 g/mol. The van der Waals surface area contributed by atoms with Crippen molar-refractivity contribution in [2.45, 2.75) is 19.9 Å². The van der Waals surface area contributed by atoms with Crippen molar-refractivity contribution in [1.29, 1.82) is 0 Å². The summed E-state index contributed by atoms with van der Waals surface area (Å²) in [4.78, 5) is 31.5. The van der Waals surface area contributed by atoms with E-state index in [4.69, 9.17) is 4.52 Å². The summed E-state index contributed by atoms with van der Waals surface area (Å²) in [5.74, 6) is -2.36. The number of aromatic nitrogens is 2. The summed E-state index contributed by atoms with van der Waals surface area (Å²) >= 11 is 1.26. The normalized spacial score (nSPS) is 13.3. The maximum Gasteiger partial charge on any atom is 0.279 e. The lowest BCUT2D eigenvalue weighted by atomic mass is 10.1. The third kappa shape index (κ3) is 3.50. The van der Waals surface area contributed by atoms with E-state index in [1.807, 2.05) is 0 Å². The number of aryl methyl sites for hydroxylation is 1. The van der Waals surface area contributed by atoms with Gasteiger partial charge in [-0.1, -0.05) is 16.5 Å². The van der Waals surface area contributed by atoms with Gasteiger partial charge < -0.3 is 9.42 Å². The van der Waals surface area contributed by atoms with Gasteiger partial charge in [0, 0.05) is 29.5 Å². The lowest BCUT2D eigenvalue weighted by Crippen LogP contribution is -2.35. The Bertz CT molecular complexity index is 1080. The highest BCUT2D eigenvalue weighted by Crippen LogP contribution is 2.29. The summed E-state index contributed by atoms with van der Waals surface area (Å²) in [5.41, 5.74) is 1.04. The molecule has 7 nitrogen and oxygen atoms in total. The Labute approximate surface area is 162 Å². The first-order chi connectivity index (χ1) is 13.4. The van der Waals surface area contributed by atoms with E-state index in [9.17, 15) is 18.4 Å². The van der Waals surface area contributed by atoms with Crippen LogP contribution in [0.1, 0.15) is 37.2 Å². The molecular weight excluding hydrogens is 390 g/mol. The van der Waals surface area contributed by atoms with Gasteiger partial charge in [-0.2, -0.15) is 0 Å². The number of fused-ring (bicyclic) bond motifs is 1. The van der Waals surface area contributed by atoms with Crippen molar-refractivity contribution in [3.63, 3.8) is 0 Å². The lowest BCUT2D eigenvalue weighted by molar-refractivity contribution is 0.0735. The van der Waals surface area contributed by atoms with Crippen molar-refractivity contribution in [3.05, 3.63) is 63.5 Å². The predicted octanol–water partition coefficient (Wildman–Crippen LogP) is 3.17. The zero-order valence-electron chi connectivity index (χ0n) is 14.7. The molecule has 0 fully saturated rings. The van der Waals surface area contributed by atoms with Crippen LogP contribution in [0.2, 0.25) is 0 Å². The van der Waals surface area contributed by atoms with E-state index < -0.39 is 17.5 Å². The molecule has 3 aromatic rings. The van der Waals surface area contributed by atoms with Gasteiger partial charge in [0.25, 0.3) is 11.8 Å². The summed E-state index contributed by atoms with van der Waals surface area (Å²) in [6, 6.07) is 4.61. The van der Waals surface area contributed by atoms with E-state index in [1.165, 1.54) is 23.5 Å². The van der Waals surface area contributed by atoms with Gasteiger partial charge in [-0.05, 0) is 25.1 Å². The SMILES string of the molecule is Cc1cc(C(=O)Nc2nc3c(s2)CN(C(=O)c2ccc(F)c(F)c2)CC3)no1. The Morgan fingerprint density at radius 3 is 2.79 bits per heavy atom. The molecule has 0 saturated heterocycles. The molecule has 10 heteroatoms. The number of benzene rings is 1. The molecule has 0 radical (unpaired) electrons. The Kier molecular flexibility index (Phi) is 4.63. The number of hydrogen-bond acceptors (Lipinski definition) is 6. The summed E-state index contributed by atoms with van der Waals surface area (Å²) in [6.07, 6.45) is 0.500. The molecule has 0 unspecified atom stereocenters. The van der Waals surface area contributed by atoms with Crippen molar-refractivity contribution < 1.29 is 22.9 Å². The second-order valence-corrected chi connectivity index (χ2v) is 7.36. The topological polar surface area (TPSA) is 88.3 Å². The fraction of sp³-hybridized carbons (Fsp3) is 0.222. The van der Waals surface area contributed by atoms with Gasteiger partial charge in [0.1, 0.15) is 5.76 Å². The molecule has 0 atom stereocenters. The molecule has 28 heavy (non-hydrogen) atoms. The second-order valence-electron chi connectivity index (χ2n) is 6.27. The van der Waals surface area contributed by atoms with E-state index in [0.29, 0.717) is 23.9 Å². The number of rotatable bonds is 3. The van der Waals surface area contributed by atoms with Crippen molar-refractivity contribution in [1.82, 2.24) is 15.0 Å². The van der Waals surface area contributed by atoms with Gasteiger partial charge in [-0.3, -0.25) is 14.9 Å². The molecule has 4 rings (SSSR count). The fourth-order valence-electron chi connectivity index (χ4n) is 2.87. The molecule has 1 aromatic carbocycles. The van der Waals surface area contributed by atoms with Crippen LogP contribution in [0, 0.1) is 18.6 Å². The average molecular weight is 404 g/mol. The van der Waals surface area contributed by atoms with Crippen molar-refractivity contribution in [2.75, 3.05) is 11.9 Å². The minimum atomic E-state index is -1.06. The molecule has 1 aliphatic heterocycles. The predicted molar refractivity (Wildman–Crippen MR) is 96.1 cm³/mol. The first-order valence-corrected chi connectivity index (χ1v) is 9.20. The Balaban J connectivity index is 1.47. The molecule has 2 aromatic heterocycles. The van der Waals surface area contributed by atoms with Gasteiger partial charge >= 0.3 is 0 Å². The van der Waals surface area contributed by atoms with E-state index in [2.05, 4.69) is 15.5 Å². The van der Waals surface area contributed by atoms with Crippen LogP contribution in [0.15, 0.2) is 28.8 Å². The van der Waals surface area contributed by atoms with E-state index in [1.54, 1.807) is 11.8 Å². The minimum absolute atomic E-state index is 0.0850. The van der Waals surface area contributed by atoms with Gasteiger partial charge in [-0.25, -0.2) is 13.8 Å². The smallest absolute Gasteiger partial charge is 0.279 e. The highest BCUT2D eigenvalue weighted by atomic mass is 32.1. The van der Waals surface area contributed by atoms with Crippen molar-refractivity contribution in [2.24, 2.45) is 0 Å². The second kappa shape index (κ2) is 7.12. The fourth-order valence-corrected chi connectivity index (χ4v) is 3.89. The van der Waals surface area contributed by atoms with Gasteiger partial charge in [0.2, 0.25) is 0 Å². The first kappa shape index (κ1) is 18.2. The Morgan fingerprint density at radius 1 is 1.25 bits per heavy atom. The molecule has 3 heterocycles. The molecule has 0 bridgehead atoms. The largest absolute Gasteiger partial charge is 0.361 e. The molecule has 1 aliphatic rings. The van der Waals surface area contributed by atoms with Gasteiger partial charge in [0.15, 0.2) is 22.5 Å². The van der Waals surface area contributed by atoms with Crippen LogP contribution in [-0.2, 0) is 13.0 Å². The lowest BCUT2D eigenvalue weighted by Gasteiger charge is -2.26. The molecular formula is C18H14F2N4O3S. The number of halogens is 2. The Morgan fingerprint density at radius 2 is 2.07 bits per heavy atom.